The van der Waals surface area contributed by atoms with Crippen molar-refractivity contribution >= 4 is 6.29 Å². The van der Waals surface area contributed by atoms with E-state index in [0.29, 0.717) is 18.1 Å². The number of benzene rings is 1. The van der Waals surface area contributed by atoms with Crippen LogP contribution in [-0.2, 0) is 0 Å². The Bertz CT molecular complexity index is 535. The molecule has 0 spiro atoms. The van der Waals surface area contributed by atoms with Gasteiger partial charge in [-0.2, -0.15) is 0 Å². The predicted molar refractivity (Wildman–Crippen MR) is 78.6 cm³/mol. The van der Waals surface area contributed by atoms with Crippen LogP contribution >= 0.6 is 0 Å². The van der Waals surface area contributed by atoms with Crippen molar-refractivity contribution in [2.24, 2.45) is 0 Å². The maximum Gasteiger partial charge on any atom is 0.243 e. The Morgan fingerprint density at radius 1 is 1.20 bits per heavy atom. The quantitative estimate of drug-likeness (QED) is 0.544. The molecule has 0 aliphatic carbocycles. The van der Waals surface area contributed by atoms with Crippen LogP contribution in [0, 0.1) is 0 Å². The van der Waals surface area contributed by atoms with E-state index in [-0.39, 0.29) is 0 Å². The van der Waals surface area contributed by atoms with Crippen LogP contribution in [0.3, 0.4) is 0 Å². The topological polar surface area (TPSA) is 44.1 Å². The molecule has 0 aliphatic rings. The van der Waals surface area contributed by atoms with Crippen LogP contribution < -0.4 is 4.74 Å². The first-order valence-corrected chi connectivity index (χ1v) is 7.08. The summed E-state index contributed by atoms with van der Waals surface area (Å²) in [6.45, 7) is 2.78. The smallest absolute Gasteiger partial charge is 0.243 e. The number of hydrogen-bond donors (Lipinski definition) is 0. The summed E-state index contributed by atoms with van der Waals surface area (Å²) < 4.78 is 7.29. The number of carbonyl (C=O) groups is 1. The summed E-state index contributed by atoms with van der Waals surface area (Å²) in [5, 5.41) is 4.33. The molecule has 0 bridgehead atoms. The largest absolute Gasteiger partial charge is 0.476 e. The van der Waals surface area contributed by atoms with Crippen LogP contribution in [0.1, 0.15) is 43.0 Å². The number of ether oxygens (including phenoxy) is 1. The van der Waals surface area contributed by atoms with Crippen molar-refractivity contribution in [2.75, 3.05) is 6.61 Å². The van der Waals surface area contributed by atoms with Gasteiger partial charge in [0.25, 0.3) is 0 Å². The van der Waals surface area contributed by atoms with Crippen molar-refractivity contribution in [3.8, 4) is 11.6 Å². The normalized spacial score (nSPS) is 10.4. The Balaban J connectivity index is 2.02. The highest BCUT2D eigenvalue weighted by Crippen LogP contribution is 2.17. The Kier molecular flexibility index (Phi) is 5.35. The molecule has 0 unspecified atom stereocenters. The minimum Gasteiger partial charge on any atom is -0.476 e. The molecule has 106 valence electrons. The fraction of sp³-hybridized carbons (Fsp3) is 0.375. The van der Waals surface area contributed by atoms with Crippen LogP contribution in [0.25, 0.3) is 5.69 Å². The summed E-state index contributed by atoms with van der Waals surface area (Å²) in [5.41, 5.74) is 1.40. The maximum absolute atomic E-state index is 11.1. The number of rotatable bonds is 8. The van der Waals surface area contributed by atoms with E-state index in [2.05, 4.69) is 12.0 Å². The minimum atomic E-state index is 0.417. The van der Waals surface area contributed by atoms with Gasteiger partial charge in [-0.1, -0.05) is 44.4 Å². The summed E-state index contributed by atoms with van der Waals surface area (Å²) in [4.78, 5) is 11.1. The summed E-state index contributed by atoms with van der Waals surface area (Å²) in [6.07, 6.45) is 7.03. The fourth-order valence-electron chi connectivity index (χ4n) is 1.98. The van der Waals surface area contributed by atoms with E-state index >= 15 is 0 Å². The van der Waals surface area contributed by atoms with Crippen molar-refractivity contribution in [1.29, 1.82) is 0 Å². The molecule has 20 heavy (non-hydrogen) atoms. The standard InChI is InChI=1S/C16H20N2O2/c1-2-3-4-8-11-20-16-14(13-19)12-18(17-16)15-9-6-5-7-10-15/h5-7,9-10,12-13H,2-4,8,11H2,1H3. The zero-order chi connectivity index (χ0) is 14.2. The molecule has 2 rings (SSSR count). The first-order chi connectivity index (χ1) is 9.85. The summed E-state index contributed by atoms with van der Waals surface area (Å²) in [6, 6.07) is 9.68. The molecule has 0 N–H and O–H groups in total. The van der Waals surface area contributed by atoms with Gasteiger partial charge in [0.05, 0.1) is 17.9 Å². The Hall–Kier alpha value is -2.10. The molecule has 4 heteroatoms. The molecule has 0 aliphatic heterocycles. The van der Waals surface area contributed by atoms with Gasteiger partial charge in [0.1, 0.15) is 0 Å². The van der Waals surface area contributed by atoms with Crippen LogP contribution in [0.4, 0.5) is 0 Å². The van der Waals surface area contributed by atoms with Crippen LogP contribution in [-0.4, -0.2) is 22.7 Å². The zero-order valence-corrected chi connectivity index (χ0v) is 11.8. The molecule has 0 fully saturated rings. The average molecular weight is 272 g/mol. The van der Waals surface area contributed by atoms with E-state index < -0.39 is 0 Å². The molecule has 0 atom stereocenters. The fourth-order valence-corrected chi connectivity index (χ4v) is 1.98. The van der Waals surface area contributed by atoms with Gasteiger partial charge in [-0.3, -0.25) is 4.79 Å². The average Bonchev–Trinajstić information content (AvgIpc) is 2.91. The van der Waals surface area contributed by atoms with E-state index in [9.17, 15) is 4.79 Å². The third-order valence-electron chi connectivity index (χ3n) is 3.09. The molecule has 1 aromatic carbocycles. The summed E-state index contributed by atoms with van der Waals surface area (Å²) >= 11 is 0. The minimum absolute atomic E-state index is 0.417. The second-order valence-electron chi connectivity index (χ2n) is 4.70. The van der Waals surface area contributed by atoms with E-state index in [0.717, 1.165) is 24.8 Å². The van der Waals surface area contributed by atoms with Crippen molar-refractivity contribution in [3.63, 3.8) is 0 Å². The number of unbranched alkanes of at least 4 members (excludes halogenated alkanes) is 3. The number of hydrogen-bond acceptors (Lipinski definition) is 3. The molecule has 1 aromatic heterocycles. The van der Waals surface area contributed by atoms with E-state index in [1.54, 1.807) is 10.9 Å². The zero-order valence-electron chi connectivity index (χ0n) is 11.8. The van der Waals surface area contributed by atoms with Crippen LogP contribution in [0.5, 0.6) is 5.88 Å². The monoisotopic (exact) mass is 272 g/mol. The third-order valence-corrected chi connectivity index (χ3v) is 3.09. The molecular formula is C16H20N2O2. The Morgan fingerprint density at radius 3 is 2.70 bits per heavy atom. The number of para-hydroxylation sites is 1. The summed E-state index contributed by atoms with van der Waals surface area (Å²) in [7, 11) is 0. The lowest BCUT2D eigenvalue weighted by molar-refractivity contribution is 0.111. The molecule has 1 heterocycles. The molecule has 0 saturated heterocycles. The summed E-state index contributed by atoms with van der Waals surface area (Å²) in [5.74, 6) is 0.417. The van der Waals surface area contributed by atoms with E-state index in [4.69, 9.17) is 4.74 Å². The first kappa shape index (κ1) is 14.3. The Morgan fingerprint density at radius 2 is 2.00 bits per heavy atom. The second-order valence-corrected chi connectivity index (χ2v) is 4.70. The molecule has 0 radical (unpaired) electrons. The van der Waals surface area contributed by atoms with Crippen LogP contribution in [0.2, 0.25) is 0 Å². The van der Waals surface area contributed by atoms with Crippen molar-refractivity contribution in [3.05, 3.63) is 42.1 Å². The lowest BCUT2D eigenvalue weighted by atomic mass is 10.2. The molecule has 4 nitrogen and oxygen atoms in total. The Labute approximate surface area is 119 Å². The highest BCUT2D eigenvalue weighted by Gasteiger charge is 2.10. The molecular weight excluding hydrogens is 252 g/mol. The van der Waals surface area contributed by atoms with Gasteiger partial charge in [-0.15, -0.1) is 5.10 Å². The van der Waals surface area contributed by atoms with Gasteiger partial charge in [0, 0.05) is 6.20 Å². The third kappa shape index (κ3) is 3.70. The SMILES string of the molecule is CCCCCCOc1nn(-c2ccccc2)cc1C=O. The van der Waals surface area contributed by atoms with Gasteiger partial charge >= 0.3 is 0 Å². The lowest BCUT2D eigenvalue weighted by Gasteiger charge is -2.03. The predicted octanol–water partition coefficient (Wildman–Crippen LogP) is 3.64. The van der Waals surface area contributed by atoms with Gasteiger partial charge < -0.3 is 4.74 Å². The van der Waals surface area contributed by atoms with Gasteiger partial charge in [-0.05, 0) is 18.6 Å². The number of carbonyl (C=O) groups excluding carboxylic acids is 1. The first-order valence-electron chi connectivity index (χ1n) is 7.08. The van der Waals surface area contributed by atoms with Gasteiger partial charge in [0.2, 0.25) is 5.88 Å². The maximum atomic E-state index is 11.1. The number of aldehydes is 1. The lowest BCUT2D eigenvalue weighted by Crippen LogP contribution is -2.00. The van der Waals surface area contributed by atoms with E-state index in [1.165, 1.54) is 12.8 Å². The van der Waals surface area contributed by atoms with Crippen molar-refractivity contribution < 1.29 is 9.53 Å². The van der Waals surface area contributed by atoms with Crippen molar-refractivity contribution in [1.82, 2.24) is 9.78 Å². The number of aromatic nitrogens is 2. The van der Waals surface area contributed by atoms with Gasteiger partial charge in [-0.25, -0.2) is 4.68 Å². The number of nitrogens with zero attached hydrogens (tertiary/aromatic N) is 2. The highest BCUT2D eigenvalue weighted by molar-refractivity contribution is 5.78. The molecule has 0 amide bonds. The molecule has 0 saturated carbocycles. The van der Waals surface area contributed by atoms with E-state index in [1.807, 2.05) is 30.3 Å². The van der Waals surface area contributed by atoms with Gasteiger partial charge in [0.15, 0.2) is 6.29 Å². The molecule has 2 aromatic rings. The van der Waals surface area contributed by atoms with Crippen LogP contribution in [0.15, 0.2) is 36.5 Å². The second kappa shape index (κ2) is 7.48. The highest BCUT2D eigenvalue weighted by atomic mass is 16.5. The van der Waals surface area contributed by atoms with Crippen molar-refractivity contribution in [2.45, 2.75) is 32.6 Å².